The molecule has 1 aliphatic carbocycles. The van der Waals surface area contributed by atoms with Gasteiger partial charge in [0.05, 0.1) is 12.1 Å². The normalized spacial score (nSPS) is 17.9. The van der Waals surface area contributed by atoms with E-state index in [4.69, 9.17) is 0 Å². The van der Waals surface area contributed by atoms with E-state index < -0.39 is 41.3 Å². The molecule has 140 valence electrons. The number of carbonyl (C=O) groups is 3. The van der Waals surface area contributed by atoms with Crippen molar-refractivity contribution in [3.8, 4) is 0 Å². The highest BCUT2D eigenvalue weighted by molar-refractivity contribution is 6.43. The number of benzene rings is 1. The van der Waals surface area contributed by atoms with Crippen LogP contribution in [-0.2, 0) is 9.59 Å². The summed E-state index contributed by atoms with van der Waals surface area (Å²) in [5.74, 6) is -7.99. The fraction of sp³-hybridized carbons (Fsp3) is 0.471. The minimum Gasteiger partial charge on any atom is -0.340 e. The van der Waals surface area contributed by atoms with E-state index in [0.717, 1.165) is 13.1 Å². The molecule has 0 radical (unpaired) electrons. The van der Waals surface area contributed by atoms with Gasteiger partial charge in [-0.15, -0.1) is 0 Å². The summed E-state index contributed by atoms with van der Waals surface area (Å²) in [4.78, 5) is 39.7. The molecule has 1 saturated heterocycles. The molecule has 1 aliphatic heterocycles. The Morgan fingerprint density at radius 2 is 1.65 bits per heavy atom. The average Bonchev–Trinajstić information content (AvgIpc) is 3.49. The molecule has 3 rings (SSSR count). The largest absolute Gasteiger partial charge is 0.340 e. The van der Waals surface area contributed by atoms with E-state index >= 15 is 0 Å². The fourth-order valence-electron chi connectivity index (χ4n) is 2.95. The molecule has 2 aliphatic rings. The predicted octanol–water partition coefficient (Wildman–Crippen LogP) is 0.709. The summed E-state index contributed by atoms with van der Waals surface area (Å²) in [5.41, 5.74) is -0.883. The van der Waals surface area contributed by atoms with E-state index in [1.54, 1.807) is 4.90 Å². The third-order valence-corrected chi connectivity index (χ3v) is 4.62. The van der Waals surface area contributed by atoms with Crippen molar-refractivity contribution < 1.29 is 27.6 Å². The van der Waals surface area contributed by atoms with E-state index in [-0.39, 0.29) is 5.91 Å². The maximum atomic E-state index is 13.6. The van der Waals surface area contributed by atoms with Crippen LogP contribution in [0.3, 0.4) is 0 Å². The summed E-state index contributed by atoms with van der Waals surface area (Å²) in [6.45, 7) is 2.19. The lowest BCUT2D eigenvalue weighted by molar-refractivity contribution is -0.133. The number of Topliss-reactive ketones (excluding diaryl/α,β-unsaturated/α-hetero) is 1. The standard InChI is InChI=1S/C17H18F3N3O3/c18-12-4-3-11(14(19)15(12)20)16(25)17(26)21-9-13(24)23-7-5-22(6-8-23)10-1-2-10/h3-4,10H,1-2,5-9H2,(H,21,26). The van der Waals surface area contributed by atoms with Crippen LogP contribution in [0.2, 0.25) is 0 Å². The number of piperazine rings is 1. The molecule has 0 bridgehead atoms. The van der Waals surface area contributed by atoms with Gasteiger partial charge in [-0.3, -0.25) is 19.3 Å². The first kappa shape index (κ1) is 18.4. The van der Waals surface area contributed by atoms with Crippen LogP contribution in [0.25, 0.3) is 0 Å². The summed E-state index contributed by atoms with van der Waals surface area (Å²) in [6.07, 6.45) is 2.37. The van der Waals surface area contributed by atoms with Gasteiger partial charge in [-0.25, -0.2) is 13.2 Å². The summed E-state index contributed by atoms with van der Waals surface area (Å²) >= 11 is 0. The first-order valence-corrected chi connectivity index (χ1v) is 8.36. The third kappa shape index (κ3) is 3.87. The maximum Gasteiger partial charge on any atom is 0.292 e. The second-order valence-corrected chi connectivity index (χ2v) is 6.38. The van der Waals surface area contributed by atoms with Crippen molar-refractivity contribution in [3.05, 3.63) is 35.1 Å². The number of nitrogens with one attached hydrogen (secondary N) is 1. The highest BCUT2D eigenvalue weighted by Gasteiger charge is 2.32. The molecular weight excluding hydrogens is 351 g/mol. The second-order valence-electron chi connectivity index (χ2n) is 6.38. The van der Waals surface area contributed by atoms with Gasteiger partial charge in [0, 0.05) is 32.2 Å². The number of hydrogen-bond acceptors (Lipinski definition) is 4. The SMILES string of the molecule is O=C(NCC(=O)N1CCN(C2CC2)CC1)C(=O)c1ccc(F)c(F)c1F. The molecule has 2 fully saturated rings. The first-order chi connectivity index (χ1) is 12.4. The molecule has 9 heteroatoms. The Morgan fingerprint density at radius 1 is 1.00 bits per heavy atom. The Bertz CT molecular complexity index is 744. The Kier molecular flexibility index (Phi) is 5.26. The zero-order valence-electron chi connectivity index (χ0n) is 13.9. The van der Waals surface area contributed by atoms with Gasteiger partial charge < -0.3 is 10.2 Å². The van der Waals surface area contributed by atoms with Crippen molar-refractivity contribution in [2.45, 2.75) is 18.9 Å². The molecule has 0 spiro atoms. The van der Waals surface area contributed by atoms with E-state index in [1.165, 1.54) is 12.8 Å². The number of carbonyl (C=O) groups excluding carboxylic acids is 3. The average molecular weight is 369 g/mol. The van der Waals surface area contributed by atoms with E-state index in [9.17, 15) is 27.6 Å². The predicted molar refractivity (Wildman–Crippen MR) is 84.8 cm³/mol. The van der Waals surface area contributed by atoms with E-state index in [2.05, 4.69) is 10.2 Å². The van der Waals surface area contributed by atoms with Gasteiger partial charge >= 0.3 is 0 Å². The lowest BCUT2D eigenvalue weighted by Gasteiger charge is -2.34. The summed E-state index contributed by atoms with van der Waals surface area (Å²) in [6, 6.07) is 1.87. The Morgan fingerprint density at radius 3 is 2.27 bits per heavy atom. The number of halogens is 3. The highest BCUT2D eigenvalue weighted by atomic mass is 19.2. The first-order valence-electron chi connectivity index (χ1n) is 8.36. The monoisotopic (exact) mass is 369 g/mol. The van der Waals surface area contributed by atoms with Gasteiger partial charge in [0.2, 0.25) is 5.91 Å². The van der Waals surface area contributed by atoms with Crippen LogP contribution in [0.5, 0.6) is 0 Å². The molecule has 1 N–H and O–H groups in total. The quantitative estimate of drug-likeness (QED) is 0.472. The zero-order valence-corrected chi connectivity index (χ0v) is 13.9. The second kappa shape index (κ2) is 7.45. The third-order valence-electron chi connectivity index (χ3n) is 4.62. The van der Waals surface area contributed by atoms with Crippen molar-refractivity contribution in [1.82, 2.24) is 15.1 Å². The molecule has 0 unspecified atom stereocenters. The van der Waals surface area contributed by atoms with Gasteiger partial charge in [-0.05, 0) is 25.0 Å². The number of rotatable bonds is 5. The van der Waals surface area contributed by atoms with Crippen molar-refractivity contribution in [2.24, 2.45) is 0 Å². The molecule has 0 aromatic heterocycles. The minimum absolute atomic E-state index is 0.354. The summed E-state index contributed by atoms with van der Waals surface area (Å²) in [5, 5.41) is 2.11. The summed E-state index contributed by atoms with van der Waals surface area (Å²) < 4.78 is 39.6. The number of amides is 2. The van der Waals surface area contributed by atoms with Crippen LogP contribution in [0.1, 0.15) is 23.2 Å². The van der Waals surface area contributed by atoms with E-state index in [0.29, 0.717) is 31.3 Å². The lowest BCUT2D eigenvalue weighted by Crippen LogP contribution is -2.52. The molecule has 0 atom stereocenters. The Balaban J connectivity index is 1.51. The minimum atomic E-state index is -1.83. The highest BCUT2D eigenvalue weighted by Crippen LogP contribution is 2.27. The molecule has 1 saturated carbocycles. The van der Waals surface area contributed by atoms with Crippen LogP contribution >= 0.6 is 0 Å². The molecule has 6 nitrogen and oxygen atoms in total. The van der Waals surface area contributed by atoms with Crippen molar-refractivity contribution in [2.75, 3.05) is 32.7 Å². The molecule has 1 aromatic carbocycles. The zero-order chi connectivity index (χ0) is 18.8. The van der Waals surface area contributed by atoms with Crippen molar-refractivity contribution in [3.63, 3.8) is 0 Å². The fourth-order valence-corrected chi connectivity index (χ4v) is 2.95. The van der Waals surface area contributed by atoms with Gasteiger partial charge in [-0.1, -0.05) is 0 Å². The number of hydrogen-bond donors (Lipinski definition) is 1. The van der Waals surface area contributed by atoms with Crippen LogP contribution in [0, 0.1) is 17.5 Å². The van der Waals surface area contributed by atoms with Crippen LogP contribution in [0.15, 0.2) is 12.1 Å². The number of nitrogens with zero attached hydrogens (tertiary/aromatic N) is 2. The molecular formula is C17H18F3N3O3. The number of ketones is 1. The molecule has 1 heterocycles. The smallest absolute Gasteiger partial charge is 0.292 e. The van der Waals surface area contributed by atoms with Crippen molar-refractivity contribution in [1.29, 1.82) is 0 Å². The Labute approximate surface area is 147 Å². The lowest BCUT2D eigenvalue weighted by atomic mass is 10.1. The van der Waals surface area contributed by atoms with Crippen molar-refractivity contribution >= 4 is 17.6 Å². The topological polar surface area (TPSA) is 69.7 Å². The maximum absolute atomic E-state index is 13.6. The summed E-state index contributed by atoms with van der Waals surface area (Å²) in [7, 11) is 0. The van der Waals surface area contributed by atoms with Crippen LogP contribution < -0.4 is 5.32 Å². The Hall–Kier alpha value is -2.42. The molecule has 1 aromatic rings. The van der Waals surface area contributed by atoms with E-state index in [1.807, 2.05) is 0 Å². The van der Waals surface area contributed by atoms with Crippen LogP contribution in [-0.4, -0.2) is 66.2 Å². The van der Waals surface area contributed by atoms with Gasteiger partial charge in [0.15, 0.2) is 17.5 Å². The van der Waals surface area contributed by atoms with Gasteiger partial charge in [-0.2, -0.15) is 0 Å². The molecule has 2 amide bonds. The molecule has 26 heavy (non-hydrogen) atoms. The van der Waals surface area contributed by atoms with Crippen LogP contribution in [0.4, 0.5) is 13.2 Å². The van der Waals surface area contributed by atoms with Gasteiger partial charge in [0.25, 0.3) is 11.7 Å². The van der Waals surface area contributed by atoms with Gasteiger partial charge in [0.1, 0.15) is 0 Å².